The molecule has 29 heavy (non-hydrogen) atoms. The molecule has 5 nitrogen and oxygen atoms in total. The average Bonchev–Trinajstić information content (AvgIpc) is 2.72. The SMILES string of the molecule is CC(=O)Oc1cccc(C=CC(=O)Nc2ccccc2COc2ccccc2)c1. The summed E-state index contributed by atoms with van der Waals surface area (Å²) in [6.45, 7) is 1.68. The second kappa shape index (κ2) is 9.90. The van der Waals surface area contributed by atoms with E-state index < -0.39 is 5.97 Å². The number of benzene rings is 3. The van der Waals surface area contributed by atoms with Gasteiger partial charge in [-0.1, -0.05) is 48.5 Å². The maximum atomic E-state index is 12.4. The number of ether oxygens (including phenoxy) is 2. The van der Waals surface area contributed by atoms with E-state index in [1.165, 1.54) is 13.0 Å². The van der Waals surface area contributed by atoms with Crippen molar-refractivity contribution in [2.75, 3.05) is 5.32 Å². The molecule has 0 heterocycles. The molecule has 0 spiro atoms. The Morgan fingerprint density at radius 3 is 2.41 bits per heavy atom. The van der Waals surface area contributed by atoms with Gasteiger partial charge in [-0.3, -0.25) is 9.59 Å². The van der Waals surface area contributed by atoms with E-state index in [1.54, 1.807) is 24.3 Å². The molecule has 0 aliphatic carbocycles. The van der Waals surface area contributed by atoms with Crippen LogP contribution >= 0.6 is 0 Å². The number of anilines is 1. The molecule has 0 bridgehead atoms. The lowest BCUT2D eigenvalue weighted by Gasteiger charge is -2.11. The van der Waals surface area contributed by atoms with Crippen LogP contribution < -0.4 is 14.8 Å². The summed E-state index contributed by atoms with van der Waals surface area (Å²) in [4.78, 5) is 23.4. The summed E-state index contributed by atoms with van der Waals surface area (Å²) in [6, 6.07) is 23.9. The third-order valence-corrected chi connectivity index (χ3v) is 3.96. The van der Waals surface area contributed by atoms with Crippen molar-refractivity contribution in [3.05, 3.63) is 96.1 Å². The summed E-state index contributed by atoms with van der Waals surface area (Å²) in [5.41, 5.74) is 2.31. The van der Waals surface area contributed by atoms with Crippen molar-refractivity contribution in [3.8, 4) is 11.5 Å². The average molecular weight is 387 g/mol. The smallest absolute Gasteiger partial charge is 0.308 e. The van der Waals surface area contributed by atoms with Gasteiger partial charge in [-0.15, -0.1) is 0 Å². The van der Waals surface area contributed by atoms with E-state index in [0.29, 0.717) is 18.0 Å². The molecule has 0 fully saturated rings. The van der Waals surface area contributed by atoms with Crippen LogP contribution in [0.5, 0.6) is 11.5 Å². The fourth-order valence-corrected chi connectivity index (χ4v) is 2.64. The maximum absolute atomic E-state index is 12.4. The van der Waals surface area contributed by atoms with Gasteiger partial charge in [0.1, 0.15) is 18.1 Å². The summed E-state index contributed by atoms with van der Waals surface area (Å²) < 4.78 is 10.8. The van der Waals surface area contributed by atoms with Gasteiger partial charge in [-0.2, -0.15) is 0 Å². The van der Waals surface area contributed by atoms with Crippen molar-refractivity contribution in [1.29, 1.82) is 0 Å². The Balaban J connectivity index is 1.63. The van der Waals surface area contributed by atoms with Crippen molar-refractivity contribution in [3.63, 3.8) is 0 Å². The molecule has 5 heteroatoms. The van der Waals surface area contributed by atoms with Crippen LogP contribution in [-0.2, 0) is 16.2 Å². The first-order valence-corrected chi connectivity index (χ1v) is 9.13. The van der Waals surface area contributed by atoms with Crippen LogP contribution in [0.4, 0.5) is 5.69 Å². The number of hydrogen-bond donors (Lipinski definition) is 1. The fraction of sp³-hybridized carbons (Fsp3) is 0.0833. The highest BCUT2D eigenvalue weighted by Crippen LogP contribution is 2.19. The topological polar surface area (TPSA) is 64.6 Å². The van der Waals surface area contributed by atoms with Gasteiger partial charge in [0.25, 0.3) is 0 Å². The van der Waals surface area contributed by atoms with Crippen LogP contribution in [0.15, 0.2) is 84.9 Å². The number of carbonyl (C=O) groups is 2. The Hall–Kier alpha value is -3.86. The molecule has 0 aromatic heterocycles. The predicted octanol–water partition coefficient (Wildman–Crippen LogP) is 4.84. The molecule has 0 saturated carbocycles. The second-order valence-corrected chi connectivity index (χ2v) is 6.25. The molecule has 3 rings (SSSR count). The zero-order chi connectivity index (χ0) is 20.5. The molecule has 3 aromatic rings. The third kappa shape index (κ3) is 6.36. The molecule has 1 N–H and O–H groups in total. The monoisotopic (exact) mass is 387 g/mol. The van der Waals surface area contributed by atoms with E-state index in [-0.39, 0.29) is 5.91 Å². The Bertz CT molecular complexity index is 1010. The van der Waals surface area contributed by atoms with Gasteiger partial charge in [-0.25, -0.2) is 0 Å². The summed E-state index contributed by atoms with van der Waals surface area (Å²) in [5.74, 6) is 0.540. The molecular weight excluding hydrogens is 366 g/mol. The lowest BCUT2D eigenvalue weighted by Crippen LogP contribution is -2.10. The Labute approximate surface area is 169 Å². The molecule has 0 radical (unpaired) electrons. The van der Waals surface area contributed by atoms with Gasteiger partial charge in [0.15, 0.2) is 0 Å². The van der Waals surface area contributed by atoms with Crippen molar-refractivity contribution in [2.45, 2.75) is 13.5 Å². The zero-order valence-corrected chi connectivity index (χ0v) is 16.0. The lowest BCUT2D eigenvalue weighted by atomic mass is 10.1. The maximum Gasteiger partial charge on any atom is 0.308 e. The van der Waals surface area contributed by atoms with Crippen molar-refractivity contribution >= 4 is 23.6 Å². The van der Waals surface area contributed by atoms with Crippen molar-refractivity contribution < 1.29 is 19.1 Å². The fourth-order valence-electron chi connectivity index (χ4n) is 2.64. The van der Waals surface area contributed by atoms with Gasteiger partial charge in [0.05, 0.1) is 0 Å². The molecule has 1 amide bonds. The Morgan fingerprint density at radius 2 is 1.62 bits per heavy atom. The van der Waals surface area contributed by atoms with E-state index >= 15 is 0 Å². The number of esters is 1. The van der Waals surface area contributed by atoms with Gasteiger partial charge in [0.2, 0.25) is 5.91 Å². The molecule has 3 aromatic carbocycles. The quantitative estimate of drug-likeness (QED) is 0.358. The van der Waals surface area contributed by atoms with Crippen molar-refractivity contribution in [2.24, 2.45) is 0 Å². The predicted molar refractivity (Wildman–Crippen MR) is 113 cm³/mol. The summed E-state index contributed by atoms with van der Waals surface area (Å²) >= 11 is 0. The first-order valence-electron chi connectivity index (χ1n) is 9.13. The van der Waals surface area contributed by atoms with Gasteiger partial charge >= 0.3 is 5.97 Å². The van der Waals surface area contributed by atoms with Crippen LogP contribution in [-0.4, -0.2) is 11.9 Å². The molecule has 0 aliphatic heterocycles. The minimum absolute atomic E-state index is 0.268. The van der Waals surface area contributed by atoms with Crippen LogP contribution in [0.3, 0.4) is 0 Å². The van der Waals surface area contributed by atoms with Gasteiger partial charge in [-0.05, 0) is 42.0 Å². The van der Waals surface area contributed by atoms with Crippen LogP contribution in [0.25, 0.3) is 6.08 Å². The number of rotatable bonds is 7. The highest BCUT2D eigenvalue weighted by atomic mass is 16.5. The third-order valence-electron chi connectivity index (χ3n) is 3.96. The largest absolute Gasteiger partial charge is 0.489 e. The second-order valence-electron chi connectivity index (χ2n) is 6.25. The Kier molecular flexibility index (Phi) is 6.79. The Morgan fingerprint density at radius 1 is 0.897 bits per heavy atom. The van der Waals surface area contributed by atoms with Gasteiger partial charge < -0.3 is 14.8 Å². The van der Waals surface area contributed by atoms with Crippen LogP contribution in [0.1, 0.15) is 18.1 Å². The highest BCUT2D eigenvalue weighted by molar-refractivity contribution is 6.02. The highest BCUT2D eigenvalue weighted by Gasteiger charge is 2.06. The molecule has 0 aliphatic rings. The normalized spacial score (nSPS) is 10.5. The van der Waals surface area contributed by atoms with Crippen molar-refractivity contribution in [1.82, 2.24) is 0 Å². The number of amides is 1. The number of nitrogens with one attached hydrogen (secondary N) is 1. The summed E-state index contributed by atoms with van der Waals surface area (Å²) in [6.07, 6.45) is 3.09. The summed E-state index contributed by atoms with van der Waals surface area (Å²) in [7, 11) is 0. The first kappa shape index (κ1) is 19.9. The number of hydrogen-bond acceptors (Lipinski definition) is 4. The molecule has 146 valence electrons. The van der Waals surface area contributed by atoms with Crippen LogP contribution in [0, 0.1) is 0 Å². The standard InChI is InChI=1S/C24H21NO4/c1-18(26)29-22-12-7-8-19(16-22)14-15-24(27)25-23-13-6-5-9-20(23)17-28-21-10-3-2-4-11-21/h2-16H,17H2,1H3,(H,25,27). The number of para-hydroxylation sites is 2. The van der Waals surface area contributed by atoms with E-state index in [2.05, 4.69) is 5.32 Å². The molecule has 0 unspecified atom stereocenters. The summed E-state index contributed by atoms with van der Waals surface area (Å²) in [5, 5.41) is 2.87. The van der Waals surface area contributed by atoms with E-state index in [1.807, 2.05) is 60.7 Å². The lowest BCUT2D eigenvalue weighted by molar-refractivity contribution is -0.131. The minimum atomic E-state index is -0.391. The molecule has 0 saturated heterocycles. The van der Waals surface area contributed by atoms with E-state index in [0.717, 1.165) is 16.9 Å². The van der Waals surface area contributed by atoms with Gasteiger partial charge in [0, 0.05) is 24.3 Å². The molecular formula is C24H21NO4. The van der Waals surface area contributed by atoms with E-state index in [9.17, 15) is 9.59 Å². The minimum Gasteiger partial charge on any atom is -0.489 e. The van der Waals surface area contributed by atoms with Crippen LogP contribution in [0.2, 0.25) is 0 Å². The first-order chi connectivity index (χ1) is 14.1. The number of carbonyl (C=O) groups excluding carboxylic acids is 2. The zero-order valence-electron chi connectivity index (χ0n) is 16.0. The van der Waals surface area contributed by atoms with E-state index in [4.69, 9.17) is 9.47 Å². The molecule has 0 atom stereocenters.